The molecular weight excluding hydrogens is 234 g/mol. The number of rotatable bonds is 2. The van der Waals surface area contributed by atoms with E-state index in [-0.39, 0.29) is 6.10 Å². The Labute approximate surface area is 85.7 Å². The van der Waals surface area contributed by atoms with Gasteiger partial charge in [0.05, 0.1) is 10.2 Å². The number of hydrogen-bond acceptors (Lipinski definition) is 4. The summed E-state index contributed by atoms with van der Waals surface area (Å²) in [6, 6.07) is 0. The zero-order valence-corrected chi connectivity index (χ0v) is 9.42. The summed E-state index contributed by atoms with van der Waals surface area (Å²) in [7, 11) is 1.61. The maximum Gasteiger partial charge on any atom is 0.159 e. The molecule has 72 valence electrons. The van der Waals surface area contributed by atoms with Crippen molar-refractivity contribution in [2.75, 3.05) is 12.8 Å². The van der Waals surface area contributed by atoms with E-state index in [4.69, 9.17) is 10.5 Å². The predicted octanol–water partition coefficient (Wildman–Crippen LogP) is 1.84. The third kappa shape index (κ3) is 2.16. The Hall–Kier alpha value is -0.680. The van der Waals surface area contributed by atoms with Crippen molar-refractivity contribution in [1.82, 2.24) is 9.97 Å². The maximum atomic E-state index is 5.66. The third-order valence-corrected chi connectivity index (χ3v) is 2.76. The Morgan fingerprint density at radius 2 is 2.08 bits per heavy atom. The monoisotopic (exact) mass is 245 g/mol. The second-order valence-corrected chi connectivity index (χ2v) is 3.54. The van der Waals surface area contributed by atoms with Crippen LogP contribution >= 0.6 is 15.9 Å². The number of methoxy groups -OCH3 is 1. The van der Waals surface area contributed by atoms with Crippen molar-refractivity contribution in [3.05, 3.63) is 16.0 Å². The summed E-state index contributed by atoms with van der Waals surface area (Å²) in [5, 5.41) is 0. The van der Waals surface area contributed by atoms with Crippen LogP contribution in [0.4, 0.5) is 5.82 Å². The molecule has 0 fully saturated rings. The highest BCUT2D eigenvalue weighted by Gasteiger charge is 2.11. The van der Waals surface area contributed by atoms with Gasteiger partial charge in [0.2, 0.25) is 0 Å². The van der Waals surface area contributed by atoms with Crippen molar-refractivity contribution >= 4 is 21.7 Å². The number of halogens is 1. The Bertz CT molecular complexity index is 293. The van der Waals surface area contributed by atoms with Crippen LogP contribution < -0.4 is 5.73 Å². The molecule has 0 spiro atoms. The molecule has 1 unspecified atom stereocenters. The lowest BCUT2D eigenvalue weighted by Gasteiger charge is -2.10. The maximum absolute atomic E-state index is 5.66. The van der Waals surface area contributed by atoms with Crippen LogP contribution in [0.3, 0.4) is 0 Å². The number of nitrogens with two attached hydrogens (primary N) is 1. The van der Waals surface area contributed by atoms with E-state index >= 15 is 0 Å². The zero-order valence-electron chi connectivity index (χ0n) is 7.84. The smallest absolute Gasteiger partial charge is 0.159 e. The summed E-state index contributed by atoms with van der Waals surface area (Å²) in [5.74, 6) is 1.06. The van der Waals surface area contributed by atoms with E-state index in [2.05, 4.69) is 25.9 Å². The van der Waals surface area contributed by atoms with Gasteiger partial charge in [-0.25, -0.2) is 9.97 Å². The van der Waals surface area contributed by atoms with Crippen molar-refractivity contribution in [1.29, 1.82) is 0 Å². The molecule has 0 saturated heterocycles. The number of aryl methyl sites for hydroxylation is 1. The number of hydrogen-bond donors (Lipinski definition) is 1. The zero-order chi connectivity index (χ0) is 10.0. The molecule has 4 nitrogen and oxygen atoms in total. The largest absolute Gasteiger partial charge is 0.383 e. The first-order valence-electron chi connectivity index (χ1n) is 3.88. The topological polar surface area (TPSA) is 61.0 Å². The molecule has 5 heteroatoms. The molecule has 0 aliphatic heterocycles. The van der Waals surface area contributed by atoms with Gasteiger partial charge >= 0.3 is 0 Å². The normalized spacial score (nSPS) is 12.9. The number of nitrogen functional groups attached to an aromatic ring is 1. The van der Waals surface area contributed by atoms with Gasteiger partial charge in [-0.3, -0.25) is 0 Å². The van der Waals surface area contributed by atoms with Crippen molar-refractivity contribution in [2.45, 2.75) is 20.0 Å². The molecule has 0 radical (unpaired) electrons. The van der Waals surface area contributed by atoms with Crippen LogP contribution in [-0.2, 0) is 4.74 Å². The number of nitrogens with zero attached hydrogens (tertiary/aromatic N) is 2. The molecule has 0 saturated carbocycles. The van der Waals surface area contributed by atoms with Crippen LogP contribution in [0.25, 0.3) is 0 Å². The highest BCUT2D eigenvalue weighted by atomic mass is 79.9. The van der Waals surface area contributed by atoms with Crippen LogP contribution in [-0.4, -0.2) is 17.1 Å². The van der Waals surface area contributed by atoms with Gasteiger partial charge in [-0.1, -0.05) is 0 Å². The molecule has 0 aliphatic rings. The average Bonchev–Trinajstić information content (AvgIpc) is 2.12. The summed E-state index contributed by atoms with van der Waals surface area (Å²) in [6.45, 7) is 3.75. The quantitative estimate of drug-likeness (QED) is 0.864. The fraction of sp³-hybridized carbons (Fsp3) is 0.500. The van der Waals surface area contributed by atoms with Gasteiger partial charge in [-0.2, -0.15) is 0 Å². The lowest BCUT2D eigenvalue weighted by molar-refractivity contribution is 0.112. The SMILES string of the molecule is COC(C)c1nc(C)c(Br)c(N)n1. The molecule has 2 N–H and O–H groups in total. The molecule has 1 aromatic rings. The van der Waals surface area contributed by atoms with E-state index in [1.807, 2.05) is 13.8 Å². The summed E-state index contributed by atoms with van der Waals surface area (Å²) in [4.78, 5) is 8.34. The minimum atomic E-state index is -0.130. The van der Waals surface area contributed by atoms with E-state index in [0.717, 1.165) is 10.2 Å². The predicted molar refractivity (Wildman–Crippen MR) is 54.3 cm³/mol. The Balaban J connectivity index is 3.13. The van der Waals surface area contributed by atoms with Crippen LogP contribution in [0.5, 0.6) is 0 Å². The standard InChI is InChI=1S/C8H12BrN3O/c1-4-6(9)7(10)12-8(11-4)5(2)13-3/h5H,1-3H3,(H2,10,11,12). The van der Waals surface area contributed by atoms with Crippen LogP contribution in [0.2, 0.25) is 0 Å². The summed E-state index contributed by atoms with van der Waals surface area (Å²) < 4.78 is 5.84. The summed E-state index contributed by atoms with van der Waals surface area (Å²) in [5.41, 5.74) is 6.49. The molecule has 1 heterocycles. The van der Waals surface area contributed by atoms with Gasteiger partial charge in [0.15, 0.2) is 5.82 Å². The van der Waals surface area contributed by atoms with Gasteiger partial charge in [-0.05, 0) is 29.8 Å². The first-order valence-corrected chi connectivity index (χ1v) is 4.68. The summed E-state index contributed by atoms with van der Waals surface area (Å²) in [6.07, 6.45) is -0.130. The van der Waals surface area contributed by atoms with E-state index in [1.54, 1.807) is 7.11 Å². The molecule has 0 amide bonds. The number of ether oxygens (including phenoxy) is 1. The molecular formula is C8H12BrN3O. The Morgan fingerprint density at radius 1 is 1.46 bits per heavy atom. The van der Waals surface area contributed by atoms with Gasteiger partial charge in [-0.15, -0.1) is 0 Å². The van der Waals surface area contributed by atoms with Gasteiger partial charge in [0, 0.05) is 7.11 Å². The fourth-order valence-electron chi connectivity index (χ4n) is 0.891. The van der Waals surface area contributed by atoms with Gasteiger partial charge in [0.25, 0.3) is 0 Å². The minimum absolute atomic E-state index is 0.130. The second-order valence-electron chi connectivity index (χ2n) is 2.74. The van der Waals surface area contributed by atoms with E-state index < -0.39 is 0 Å². The van der Waals surface area contributed by atoms with Crippen LogP contribution in [0.1, 0.15) is 24.5 Å². The molecule has 0 aliphatic carbocycles. The molecule has 13 heavy (non-hydrogen) atoms. The molecule has 0 aromatic carbocycles. The summed E-state index contributed by atoms with van der Waals surface area (Å²) >= 11 is 3.29. The van der Waals surface area contributed by atoms with Crippen molar-refractivity contribution < 1.29 is 4.74 Å². The van der Waals surface area contributed by atoms with E-state index in [9.17, 15) is 0 Å². The van der Waals surface area contributed by atoms with Crippen molar-refractivity contribution in [3.8, 4) is 0 Å². The lowest BCUT2D eigenvalue weighted by Crippen LogP contribution is -2.07. The minimum Gasteiger partial charge on any atom is -0.383 e. The van der Waals surface area contributed by atoms with Crippen molar-refractivity contribution in [3.63, 3.8) is 0 Å². The average molecular weight is 246 g/mol. The Kier molecular flexibility index (Phi) is 3.22. The third-order valence-electron chi connectivity index (χ3n) is 1.78. The van der Waals surface area contributed by atoms with E-state index in [0.29, 0.717) is 11.6 Å². The molecule has 0 bridgehead atoms. The number of anilines is 1. The first kappa shape index (κ1) is 10.4. The highest BCUT2D eigenvalue weighted by molar-refractivity contribution is 9.10. The van der Waals surface area contributed by atoms with Crippen molar-refractivity contribution in [2.24, 2.45) is 0 Å². The van der Waals surface area contributed by atoms with E-state index in [1.165, 1.54) is 0 Å². The fourth-order valence-corrected chi connectivity index (χ4v) is 1.07. The van der Waals surface area contributed by atoms with Gasteiger partial charge in [0.1, 0.15) is 11.9 Å². The lowest BCUT2D eigenvalue weighted by atomic mass is 10.3. The second kappa shape index (κ2) is 4.02. The first-order chi connectivity index (χ1) is 6.06. The Morgan fingerprint density at radius 3 is 2.54 bits per heavy atom. The van der Waals surface area contributed by atoms with Gasteiger partial charge < -0.3 is 10.5 Å². The number of aromatic nitrogens is 2. The van der Waals surface area contributed by atoms with Crippen LogP contribution in [0.15, 0.2) is 4.47 Å². The molecule has 1 aromatic heterocycles. The molecule has 1 atom stereocenters. The van der Waals surface area contributed by atoms with Crippen LogP contribution in [0, 0.1) is 6.92 Å². The highest BCUT2D eigenvalue weighted by Crippen LogP contribution is 2.22. The molecule has 1 rings (SSSR count).